The molecule has 29 heavy (non-hydrogen) atoms. The first kappa shape index (κ1) is 20.5. The molecule has 0 radical (unpaired) electrons. The number of piperidine rings is 1. The van der Waals surface area contributed by atoms with E-state index in [9.17, 15) is 9.59 Å². The molecule has 0 atom stereocenters. The Hall–Kier alpha value is -3.22. The lowest BCUT2D eigenvalue weighted by atomic mass is 9.95. The summed E-state index contributed by atoms with van der Waals surface area (Å²) in [4.78, 5) is 26.7. The summed E-state index contributed by atoms with van der Waals surface area (Å²) in [6.45, 7) is 1.02. The van der Waals surface area contributed by atoms with Crippen molar-refractivity contribution >= 4 is 17.5 Å². The molecular weight excluding hydrogens is 372 g/mol. The average molecular weight is 398 g/mol. The molecule has 0 bridgehead atoms. The van der Waals surface area contributed by atoms with Gasteiger partial charge < -0.3 is 24.4 Å². The van der Waals surface area contributed by atoms with Gasteiger partial charge >= 0.3 is 0 Å². The van der Waals surface area contributed by atoms with Gasteiger partial charge in [-0.15, -0.1) is 0 Å². The zero-order chi connectivity index (χ0) is 20.6. The van der Waals surface area contributed by atoms with Crippen molar-refractivity contribution in [2.45, 2.75) is 12.8 Å². The summed E-state index contributed by atoms with van der Waals surface area (Å²) in [5.74, 6) is 1.64. The second kappa shape index (κ2) is 9.82. The number of benzene rings is 2. The van der Waals surface area contributed by atoms with Crippen LogP contribution in [0.1, 0.15) is 12.8 Å². The standard InChI is InChI=1S/C22H26N2O5/c1-27-18-9-7-17(8-10-18)23-22(26)16-11-13-24(14-12-16)21(25)15-29-20-6-4-3-5-19(20)28-2/h3-10,16H,11-15H2,1-2H3,(H,23,26). The van der Waals surface area contributed by atoms with Crippen LogP contribution in [0, 0.1) is 5.92 Å². The summed E-state index contributed by atoms with van der Waals surface area (Å²) >= 11 is 0. The molecule has 0 aromatic heterocycles. The number of hydrogen-bond donors (Lipinski definition) is 1. The molecule has 0 aliphatic carbocycles. The zero-order valence-corrected chi connectivity index (χ0v) is 16.7. The first-order valence-electron chi connectivity index (χ1n) is 9.59. The maximum atomic E-state index is 12.5. The van der Waals surface area contributed by atoms with Crippen molar-refractivity contribution < 1.29 is 23.8 Å². The SMILES string of the molecule is COc1ccc(NC(=O)C2CCN(C(=O)COc3ccccc3OC)CC2)cc1. The van der Waals surface area contributed by atoms with Crippen molar-refractivity contribution in [1.29, 1.82) is 0 Å². The molecule has 0 unspecified atom stereocenters. The van der Waals surface area contributed by atoms with E-state index < -0.39 is 0 Å². The average Bonchev–Trinajstić information content (AvgIpc) is 2.78. The minimum Gasteiger partial charge on any atom is -0.497 e. The van der Waals surface area contributed by atoms with Gasteiger partial charge in [0.05, 0.1) is 14.2 Å². The van der Waals surface area contributed by atoms with Crippen LogP contribution >= 0.6 is 0 Å². The Labute approximate surface area is 170 Å². The number of anilines is 1. The molecule has 154 valence electrons. The van der Waals surface area contributed by atoms with Gasteiger partial charge in [0, 0.05) is 24.7 Å². The van der Waals surface area contributed by atoms with Gasteiger partial charge in [0.15, 0.2) is 18.1 Å². The number of nitrogens with one attached hydrogen (secondary N) is 1. The Balaban J connectivity index is 1.45. The lowest BCUT2D eigenvalue weighted by Gasteiger charge is -2.31. The Morgan fingerprint density at radius 2 is 1.62 bits per heavy atom. The molecule has 1 aliphatic heterocycles. The van der Waals surface area contributed by atoms with E-state index in [4.69, 9.17) is 14.2 Å². The predicted octanol–water partition coefficient (Wildman–Crippen LogP) is 2.96. The van der Waals surface area contributed by atoms with Gasteiger partial charge in [-0.2, -0.15) is 0 Å². The van der Waals surface area contributed by atoms with Crippen LogP contribution in [0.2, 0.25) is 0 Å². The number of para-hydroxylation sites is 2. The summed E-state index contributed by atoms with van der Waals surface area (Å²) in [6, 6.07) is 14.4. The Bertz CT molecular complexity index is 829. The molecule has 0 spiro atoms. The third kappa shape index (κ3) is 5.40. The smallest absolute Gasteiger partial charge is 0.260 e. The molecule has 1 aliphatic rings. The normalized spacial score (nSPS) is 14.2. The molecule has 7 heteroatoms. The molecule has 3 rings (SSSR count). The van der Waals surface area contributed by atoms with E-state index in [2.05, 4.69) is 5.32 Å². The van der Waals surface area contributed by atoms with Crippen LogP contribution < -0.4 is 19.5 Å². The minimum absolute atomic E-state index is 0.0208. The van der Waals surface area contributed by atoms with Crippen LogP contribution in [0.3, 0.4) is 0 Å². The second-order valence-electron chi connectivity index (χ2n) is 6.81. The molecule has 1 N–H and O–H groups in total. The third-order valence-electron chi connectivity index (χ3n) is 5.00. The number of carbonyl (C=O) groups excluding carboxylic acids is 2. The van der Waals surface area contributed by atoms with Crippen molar-refractivity contribution in [3.63, 3.8) is 0 Å². The van der Waals surface area contributed by atoms with Crippen molar-refractivity contribution in [2.24, 2.45) is 5.92 Å². The first-order valence-corrected chi connectivity index (χ1v) is 9.59. The topological polar surface area (TPSA) is 77.1 Å². The number of rotatable bonds is 7. The van der Waals surface area contributed by atoms with Gasteiger partial charge in [-0.25, -0.2) is 0 Å². The number of carbonyl (C=O) groups is 2. The molecule has 7 nitrogen and oxygen atoms in total. The monoisotopic (exact) mass is 398 g/mol. The van der Waals surface area contributed by atoms with Crippen molar-refractivity contribution in [3.8, 4) is 17.2 Å². The maximum absolute atomic E-state index is 12.5. The van der Waals surface area contributed by atoms with Gasteiger partial charge in [0.2, 0.25) is 5.91 Å². The van der Waals surface area contributed by atoms with E-state index in [0.29, 0.717) is 37.4 Å². The fourth-order valence-electron chi connectivity index (χ4n) is 3.28. The molecule has 1 heterocycles. The quantitative estimate of drug-likeness (QED) is 0.776. The molecule has 2 aromatic rings. The third-order valence-corrected chi connectivity index (χ3v) is 5.00. The zero-order valence-electron chi connectivity index (χ0n) is 16.7. The Kier molecular flexibility index (Phi) is 6.94. The van der Waals surface area contributed by atoms with Gasteiger partial charge in [0.25, 0.3) is 5.91 Å². The highest BCUT2D eigenvalue weighted by Gasteiger charge is 2.27. The van der Waals surface area contributed by atoms with Crippen LogP contribution in [0.4, 0.5) is 5.69 Å². The van der Waals surface area contributed by atoms with E-state index in [1.807, 2.05) is 24.3 Å². The van der Waals surface area contributed by atoms with Gasteiger partial charge in [-0.05, 0) is 49.2 Å². The lowest BCUT2D eigenvalue weighted by molar-refractivity contribution is -0.136. The Morgan fingerprint density at radius 1 is 0.966 bits per heavy atom. The van der Waals surface area contributed by atoms with E-state index in [0.717, 1.165) is 11.4 Å². The highest BCUT2D eigenvalue weighted by molar-refractivity contribution is 5.92. The maximum Gasteiger partial charge on any atom is 0.260 e. The van der Waals surface area contributed by atoms with Crippen LogP contribution in [-0.4, -0.2) is 50.6 Å². The fraction of sp³-hybridized carbons (Fsp3) is 0.364. The number of nitrogens with zero attached hydrogens (tertiary/aromatic N) is 1. The largest absolute Gasteiger partial charge is 0.497 e. The number of methoxy groups -OCH3 is 2. The molecule has 1 saturated heterocycles. The van der Waals surface area contributed by atoms with Crippen LogP contribution in [0.5, 0.6) is 17.2 Å². The van der Waals surface area contributed by atoms with Crippen molar-refractivity contribution in [1.82, 2.24) is 4.90 Å². The summed E-state index contributed by atoms with van der Waals surface area (Å²) in [5, 5.41) is 2.93. The summed E-state index contributed by atoms with van der Waals surface area (Å²) in [7, 11) is 3.16. The van der Waals surface area contributed by atoms with Crippen LogP contribution in [0.15, 0.2) is 48.5 Å². The summed E-state index contributed by atoms with van der Waals surface area (Å²) < 4.78 is 16.0. The molecule has 2 aromatic carbocycles. The lowest BCUT2D eigenvalue weighted by Crippen LogP contribution is -2.43. The second-order valence-corrected chi connectivity index (χ2v) is 6.81. The molecule has 1 fully saturated rings. The van der Waals surface area contributed by atoms with E-state index in [-0.39, 0.29) is 24.3 Å². The van der Waals surface area contributed by atoms with Crippen molar-refractivity contribution in [2.75, 3.05) is 39.2 Å². The highest BCUT2D eigenvalue weighted by atomic mass is 16.5. The summed E-state index contributed by atoms with van der Waals surface area (Å²) in [5.41, 5.74) is 0.736. The summed E-state index contributed by atoms with van der Waals surface area (Å²) in [6.07, 6.45) is 1.25. The molecule has 0 saturated carbocycles. The van der Waals surface area contributed by atoms with Crippen molar-refractivity contribution in [3.05, 3.63) is 48.5 Å². The number of amides is 2. The Morgan fingerprint density at radius 3 is 2.24 bits per heavy atom. The van der Waals surface area contributed by atoms with Gasteiger partial charge in [0.1, 0.15) is 5.75 Å². The van der Waals surface area contributed by atoms with Crippen LogP contribution in [-0.2, 0) is 9.59 Å². The van der Waals surface area contributed by atoms with Gasteiger partial charge in [-0.3, -0.25) is 9.59 Å². The first-order chi connectivity index (χ1) is 14.1. The van der Waals surface area contributed by atoms with E-state index in [1.54, 1.807) is 43.4 Å². The number of likely N-dealkylation sites (tertiary alicyclic amines) is 1. The van der Waals surface area contributed by atoms with Gasteiger partial charge in [-0.1, -0.05) is 12.1 Å². The number of ether oxygens (including phenoxy) is 3. The highest BCUT2D eigenvalue weighted by Crippen LogP contribution is 2.26. The van der Waals surface area contributed by atoms with E-state index >= 15 is 0 Å². The predicted molar refractivity (Wildman–Crippen MR) is 109 cm³/mol. The molecular formula is C22H26N2O5. The fourth-order valence-corrected chi connectivity index (χ4v) is 3.28. The minimum atomic E-state index is -0.115. The molecule has 2 amide bonds. The van der Waals surface area contributed by atoms with Crippen LogP contribution in [0.25, 0.3) is 0 Å². The van der Waals surface area contributed by atoms with E-state index in [1.165, 1.54) is 0 Å². The number of hydrogen-bond acceptors (Lipinski definition) is 5.